The van der Waals surface area contributed by atoms with Gasteiger partial charge in [-0.1, -0.05) is 42.5 Å². The van der Waals surface area contributed by atoms with Gasteiger partial charge in [-0.25, -0.2) is 0 Å². The third-order valence-corrected chi connectivity index (χ3v) is 6.27. The van der Waals surface area contributed by atoms with Gasteiger partial charge in [-0.2, -0.15) is 0 Å². The summed E-state index contributed by atoms with van der Waals surface area (Å²) in [7, 11) is 0.573. The summed E-state index contributed by atoms with van der Waals surface area (Å²) in [5.74, 6) is 0. The summed E-state index contributed by atoms with van der Waals surface area (Å²) in [5.41, 5.74) is 12.4. The molecule has 5 nitrogen and oxygen atoms in total. The Morgan fingerprint density at radius 1 is 1.09 bits per heavy atom. The molecule has 22 heavy (non-hydrogen) atoms. The fourth-order valence-electron chi connectivity index (χ4n) is 2.13. The summed E-state index contributed by atoms with van der Waals surface area (Å²) >= 11 is 0. The molecule has 0 saturated heterocycles. The van der Waals surface area contributed by atoms with E-state index in [2.05, 4.69) is 0 Å². The quantitative estimate of drug-likeness (QED) is 0.609. The minimum Gasteiger partial charge on any atom is -0.377 e. The van der Waals surface area contributed by atoms with Crippen molar-refractivity contribution in [1.82, 2.24) is 0 Å². The zero-order chi connectivity index (χ0) is 16.3. The molecular weight excluding hydrogens is 296 g/mol. The molecule has 0 aliphatic carbocycles. The number of hydrogen-bond acceptors (Lipinski definition) is 5. The number of hydrogen-bond donors (Lipinski definition) is 2. The largest absolute Gasteiger partial charge is 0.500 e. The van der Waals surface area contributed by atoms with Crippen LogP contribution in [0.4, 0.5) is 0 Å². The molecule has 1 aromatic carbocycles. The van der Waals surface area contributed by atoms with Gasteiger partial charge in [-0.15, -0.1) is 0 Å². The highest BCUT2D eigenvalue weighted by Crippen LogP contribution is 2.20. The monoisotopic (exact) mass is 324 g/mol. The topological polar surface area (TPSA) is 79.7 Å². The minimum absolute atomic E-state index is 0.130. The normalized spacial score (nSPS) is 13.6. The standard InChI is InChI=1S/C16H28N2O3Si/c1-19-22(20-2,14-6-12-17)21-16(11-13-18)10-9-15-7-4-3-5-8-15/h3-5,7-10,16H,6,11-14,17-18H2,1-2H3. The molecule has 6 heteroatoms. The van der Waals surface area contributed by atoms with Crippen molar-refractivity contribution < 1.29 is 13.3 Å². The molecule has 0 spiro atoms. The summed E-state index contributed by atoms with van der Waals surface area (Å²) < 4.78 is 17.3. The number of benzene rings is 1. The fraction of sp³-hybridized carbons (Fsp3) is 0.500. The summed E-state index contributed by atoms with van der Waals surface area (Å²) in [6, 6.07) is 10.8. The van der Waals surface area contributed by atoms with Gasteiger partial charge in [0.2, 0.25) is 0 Å². The number of nitrogens with two attached hydrogens (primary N) is 2. The lowest BCUT2D eigenvalue weighted by Gasteiger charge is -2.30. The van der Waals surface area contributed by atoms with Crippen molar-refractivity contribution in [2.75, 3.05) is 27.3 Å². The summed E-state index contributed by atoms with van der Waals surface area (Å²) in [4.78, 5) is 0. The molecule has 0 fully saturated rings. The van der Waals surface area contributed by atoms with E-state index in [0.717, 1.165) is 12.0 Å². The van der Waals surface area contributed by atoms with Gasteiger partial charge in [0, 0.05) is 20.3 Å². The van der Waals surface area contributed by atoms with E-state index >= 15 is 0 Å². The van der Waals surface area contributed by atoms with Crippen molar-refractivity contribution in [3.63, 3.8) is 0 Å². The zero-order valence-corrected chi connectivity index (χ0v) is 14.5. The van der Waals surface area contributed by atoms with Gasteiger partial charge < -0.3 is 24.7 Å². The Bertz CT molecular complexity index is 425. The van der Waals surface area contributed by atoms with Crippen molar-refractivity contribution in [1.29, 1.82) is 0 Å². The molecule has 4 N–H and O–H groups in total. The third kappa shape index (κ3) is 6.39. The molecule has 1 unspecified atom stereocenters. The SMILES string of the molecule is CO[Si](CCCN)(OC)OC(C=Cc1ccccc1)CCN. The van der Waals surface area contributed by atoms with E-state index in [1.54, 1.807) is 14.2 Å². The van der Waals surface area contributed by atoms with Gasteiger partial charge in [-0.3, -0.25) is 0 Å². The Morgan fingerprint density at radius 2 is 1.77 bits per heavy atom. The molecule has 0 amide bonds. The van der Waals surface area contributed by atoms with Gasteiger partial charge in [0.05, 0.1) is 6.10 Å². The second kappa shape index (κ2) is 10.7. The Hall–Kier alpha value is -1.02. The van der Waals surface area contributed by atoms with Crippen LogP contribution in [0.15, 0.2) is 36.4 Å². The van der Waals surface area contributed by atoms with Crippen LogP contribution in [0.3, 0.4) is 0 Å². The molecule has 0 bridgehead atoms. The highest BCUT2D eigenvalue weighted by molar-refractivity contribution is 6.60. The predicted molar refractivity (Wildman–Crippen MR) is 92.3 cm³/mol. The van der Waals surface area contributed by atoms with Crippen LogP contribution >= 0.6 is 0 Å². The van der Waals surface area contributed by atoms with Crippen LogP contribution in [-0.2, 0) is 13.3 Å². The van der Waals surface area contributed by atoms with Crippen LogP contribution in [0.5, 0.6) is 0 Å². The first-order valence-corrected chi connectivity index (χ1v) is 9.54. The van der Waals surface area contributed by atoms with E-state index in [1.165, 1.54) is 0 Å². The Morgan fingerprint density at radius 3 is 2.32 bits per heavy atom. The van der Waals surface area contributed by atoms with Gasteiger partial charge in [0.25, 0.3) is 0 Å². The molecule has 124 valence electrons. The van der Waals surface area contributed by atoms with Crippen LogP contribution in [0, 0.1) is 0 Å². The summed E-state index contributed by atoms with van der Waals surface area (Å²) in [6.45, 7) is 1.13. The lowest BCUT2D eigenvalue weighted by Crippen LogP contribution is -2.47. The van der Waals surface area contributed by atoms with Crippen LogP contribution in [0.1, 0.15) is 18.4 Å². The lowest BCUT2D eigenvalue weighted by atomic mass is 10.1. The Labute approximate surface area is 134 Å². The van der Waals surface area contributed by atoms with Gasteiger partial charge in [-0.05, 0) is 31.5 Å². The van der Waals surface area contributed by atoms with Gasteiger partial charge in [0.1, 0.15) is 0 Å². The van der Waals surface area contributed by atoms with E-state index in [4.69, 9.17) is 24.7 Å². The van der Waals surface area contributed by atoms with Crippen molar-refractivity contribution >= 4 is 14.9 Å². The van der Waals surface area contributed by atoms with Gasteiger partial charge >= 0.3 is 8.80 Å². The first-order valence-electron chi connectivity index (χ1n) is 7.61. The molecule has 0 radical (unpaired) electrons. The lowest BCUT2D eigenvalue weighted by molar-refractivity contribution is 0.0712. The summed E-state index contributed by atoms with van der Waals surface area (Å²) in [5, 5.41) is 0. The predicted octanol–water partition coefficient (Wildman–Crippen LogP) is 2.01. The Balaban J connectivity index is 2.77. The van der Waals surface area contributed by atoms with Crippen LogP contribution in [0.25, 0.3) is 6.08 Å². The first kappa shape index (κ1) is 19.0. The minimum atomic E-state index is -2.69. The second-order valence-electron chi connectivity index (χ2n) is 4.99. The molecule has 1 atom stereocenters. The maximum atomic E-state index is 6.17. The zero-order valence-electron chi connectivity index (χ0n) is 13.5. The van der Waals surface area contributed by atoms with Crippen LogP contribution in [0.2, 0.25) is 6.04 Å². The van der Waals surface area contributed by atoms with Crippen molar-refractivity contribution in [2.24, 2.45) is 11.5 Å². The van der Waals surface area contributed by atoms with Crippen LogP contribution < -0.4 is 11.5 Å². The van der Waals surface area contributed by atoms with Crippen molar-refractivity contribution in [2.45, 2.75) is 25.0 Å². The molecule has 0 heterocycles. The Kier molecular flexibility index (Phi) is 9.22. The molecular formula is C16H28N2O3Si. The van der Waals surface area contributed by atoms with E-state index in [9.17, 15) is 0 Å². The highest BCUT2D eigenvalue weighted by Gasteiger charge is 2.40. The summed E-state index contributed by atoms with van der Waals surface area (Å²) in [6.07, 6.45) is 5.45. The number of rotatable bonds is 11. The van der Waals surface area contributed by atoms with Crippen molar-refractivity contribution in [3.05, 3.63) is 42.0 Å². The maximum absolute atomic E-state index is 6.17. The molecule has 1 rings (SSSR count). The second-order valence-corrected chi connectivity index (χ2v) is 7.91. The van der Waals surface area contributed by atoms with Gasteiger partial charge in [0.15, 0.2) is 0 Å². The van der Waals surface area contributed by atoms with Crippen LogP contribution in [-0.4, -0.2) is 42.2 Å². The first-order chi connectivity index (χ1) is 10.7. The van der Waals surface area contributed by atoms with E-state index in [0.29, 0.717) is 25.6 Å². The molecule has 1 aromatic rings. The molecule has 0 aliphatic rings. The maximum Gasteiger partial charge on any atom is 0.500 e. The third-order valence-electron chi connectivity index (χ3n) is 3.39. The smallest absolute Gasteiger partial charge is 0.377 e. The van der Waals surface area contributed by atoms with E-state index in [1.807, 2.05) is 42.5 Å². The molecule has 0 aromatic heterocycles. The van der Waals surface area contributed by atoms with E-state index in [-0.39, 0.29) is 6.10 Å². The molecule has 0 saturated carbocycles. The fourth-order valence-corrected chi connectivity index (χ4v) is 4.31. The average molecular weight is 324 g/mol. The van der Waals surface area contributed by atoms with Crippen molar-refractivity contribution in [3.8, 4) is 0 Å². The average Bonchev–Trinajstić information content (AvgIpc) is 2.57. The highest BCUT2D eigenvalue weighted by atomic mass is 28.4. The molecule has 0 aliphatic heterocycles. The van der Waals surface area contributed by atoms with E-state index < -0.39 is 8.80 Å².